The molecule has 1 aromatic heterocycles. The van der Waals surface area contributed by atoms with Crippen molar-refractivity contribution in [3.05, 3.63) is 41.0 Å². The van der Waals surface area contributed by atoms with Gasteiger partial charge in [-0.3, -0.25) is 9.78 Å². The number of hydrogen-bond donors (Lipinski definition) is 2. The lowest BCUT2D eigenvalue weighted by Crippen LogP contribution is -2.12. The van der Waals surface area contributed by atoms with Crippen LogP contribution in [0.25, 0.3) is 10.9 Å². The highest BCUT2D eigenvalue weighted by Crippen LogP contribution is 2.24. The molecule has 3 N–H and O–H groups in total. The van der Waals surface area contributed by atoms with Gasteiger partial charge in [-0.1, -0.05) is 23.7 Å². The highest BCUT2D eigenvalue weighted by Gasteiger charge is 2.10. The number of benzene rings is 1. The van der Waals surface area contributed by atoms with E-state index in [9.17, 15) is 4.79 Å². The molecule has 0 amide bonds. The molecule has 0 fully saturated rings. The Balaban J connectivity index is 2.27. The number of aromatic nitrogens is 1. The van der Waals surface area contributed by atoms with Gasteiger partial charge in [-0.15, -0.1) is 0 Å². The Morgan fingerprint density at radius 3 is 3.00 bits per heavy atom. The summed E-state index contributed by atoms with van der Waals surface area (Å²) in [5.74, 6) is -0.845. The van der Waals surface area contributed by atoms with Crippen LogP contribution in [0, 0.1) is 0 Å². The van der Waals surface area contributed by atoms with Crippen molar-refractivity contribution in [2.45, 2.75) is 18.9 Å². The second-order valence-electron chi connectivity index (χ2n) is 4.12. The molecule has 0 saturated heterocycles. The number of carboxylic acids is 1. The predicted molar refractivity (Wildman–Crippen MR) is 70.6 cm³/mol. The van der Waals surface area contributed by atoms with Crippen molar-refractivity contribution >= 4 is 28.5 Å². The van der Waals surface area contributed by atoms with E-state index in [1.54, 1.807) is 12.3 Å². The molecule has 0 aliphatic carbocycles. The van der Waals surface area contributed by atoms with Gasteiger partial charge in [-0.2, -0.15) is 0 Å². The van der Waals surface area contributed by atoms with E-state index in [0.717, 1.165) is 16.5 Å². The molecule has 5 heteroatoms. The van der Waals surface area contributed by atoms with Gasteiger partial charge in [0.1, 0.15) is 0 Å². The molecule has 94 valence electrons. The first-order valence-electron chi connectivity index (χ1n) is 5.59. The van der Waals surface area contributed by atoms with Crippen molar-refractivity contribution in [2.24, 2.45) is 5.73 Å². The second kappa shape index (κ2) is 5.33. The zero-order valence-electron chi connectivity index (χ0n) is 9.64. The van der Waals surface area contributed by atoms with E-state index in [2.05, 4.69) is 4.98 Å². The molecule has 0 spiro atoms. The molecule has 0 aliphatic heterocycles. The van der Waals surface area contributed by atoms with Gasteiger partial charge in [0.2, 0.25) is 0 Å². The van der Waals surface area contributed by atoms with E-state index >= 15 is 0 Å². The van der Waals surface area contributed by atoms with E-state index in [1.165, 1.54) is 0 Å². The van der Waals surface area contributed by atoms with Gasteiger partial charge in [0, 0.05) is 24.0 Å². The number of carboxylic acid groups (broad SMARTS) is 1. The average Bonchev–Trinajstić information content (AvgIpc) is 2.35. The average molecular weight is 265 g/mol. The minimum atomic E-state index is -0.845. The highest BCUT2D eigenvalue weighted by molar-refractivity contribution is 6.35. The van der Waals surface area contributed by atoms with Crippen LogP contribution in [0.1, 0.15) is 24.4 Å². The van der Waals surface area contributed by atoms with Gasteiger partial charge < -0.3 is 10.8 Å². The van der Waals surface area contributed by atoms with Crippen molar-refractivity contribution in [1.29, 1.82) is 0 Å². The molecule has 4 nitrogen and oxygen atoms in total. The third kappa shape index (κ3) is 2.78. The SMILES string of the molecule is NC(CCC(=O)O)c1cnc2c(Cl)cccc2c1. The number of carbonyl (C=O) groups is 1. The molecule has 2 aromatic rings. The zero-order valence-corrected chi connectivity index (χ0v) is 10.4. The Hall–Kier alpha value is -1.65. The number of nitrogens with zero attached hydrogens (tertiary/aromatic N) is 1. The maximum absolute atomic E-state index is 10.5. The van der Waals surface area contributed by atoms with Crippen LogP contribution in [-0.2, 0) is 4.79 Å². The van der Waals surface area contributed by atoms with Gasteiger partial charge in [0.15, 0.2) is 0 Å². The van der Waals surface area contributed by atoms with Gasteiger partial charge in [-0.25, -0.2) is 0 Å². The Bertz CT molecular complexity index is 586. The molecule has 1 unspecified atom stereocenters. The molecule has 0 bridgehead atoms. The van der Waals surface area contributed by atoms with Crippen LogP contribution in [0.15, 0.2) is 30.5 Å². The van der Waals surface area contributed by atoms with Crippen molar-refractivity contribution in [3.8, 4) is 0 Å². The van der Waals surface area contributed by atoms with Crippen LogP contribution in [0.5, 0.6) is 0 Å². The third-order valence-electron chi connectivity index (χ3n) is 2.78. The summed E-state index contributed by atoms with van der Waals surface area (Å²) in [5, 5.41) is 10.1. The summed E-state index contributed by atoms with van der Waals surface area (Å²) in [6.45, 7) is 0. The van der Waals surface area contributed by atoms with E-state index in [4.69, 9.17) is 22.4 Å². The fraction of sp³-hybridized carbons (Fsp3) is 0.231. The molecule has 0 aliphatic rings. The quantitative estimate of drug-likeness (QED) is 0.890. The molecule has 18 heavy (non-hydrogen) atoms. The van der Waals surface area contributed by atoms with Crippen LogP contribution in [-0.4, -0.2) is 16.1 Å². The summed E-state index contributed by atoms with van der Waals surface area (Å²) in [7, 11) is 0. The summed E-state index contributed by atoms with van der Waals surface area (Å²) >= 11 is 6.02. The minimum Gasteiger partial charge on any atom is -0.481 e. The number of nitrogens with two attached hydrogens (primary N) is 1. The Kier molecular flexibility index (Phi) is 3.79. The smallest absolute Gasteiger partial charge is 0.303 e. The Labute approximate surface area is 109 Å². The molecule has 0 radical (unpaired) electrons. The molecule has 1 aromatic carbocycles. The maximum Gasteiger partial charge on any atom is 0.303 e. The molecular weight excluding hydrogens is 252 g/mol. The van der Waals surface area contributed by atoms with E-state index in [0.29, 0.717) is 11.4 Å². The van der Waals surface area contributed by atoms with E-state index in [-0.39, 0.29) is 12.5 Å². The summed E-state index contributed by atoms with van der Waals surface area (Å²) in [6.07, 6.45) is 2.10. The van der Waals surface area contributed by atoms with Crippen molar-refractivity contribution in [1.82, 2.24) is 4.98 Å². The molecule has 2 rings (SSSR count). The van der Waals surface area contributed by atoms with Crippen molar-refractivity contribution < 1.29 is 9.90 Å². The number of pyridine rings is 1. The third-order valence-corrected chi connectivity index (χ3v) is 3.09. The highest BCUT2D eigenvalue weighted by atomic mass is 35.5. The topological polar surface area (TPSA) is 76.2 Å². The number of rotatable bonds is 4. The summed E-state index contributed by atoms with van der Waals surface area (Å²) < 4.78 is 0. The van der Waals surface area contributed by atoms with Crippen LogP contribution < -0.4 is 5.73 Å². The summed E-state index contributed by atoms with van der Waals surface area (Å²) in [4.78, 5) is 14.8. The second-order valence-corrected chi connectivity index (χ2v) is 4.53. The van der Waals surface area contributed by atoms with Crippen LogP contribution in [0.3, 0.4) is 0 Å². The normalized spacial score (nSPS) is 12.6. The summed E-state index contributed by atoms with van der Waals surface area (Å²) in [6, 6.07) is 7.11. The van der Waals surface area contributed by atoms with Gasteiger partial charge in [-0.05, 0) is 24.1 Å². The largest absolute Gasteiger partial charge is 0.481 e. The Morgan fingerprint density at radius 2 is 2.28 bits per heavy atom. The Morgan fingerprint density at radius 1 is 1.50 bits per heavy atom. The zero-order chi connectivity index (χ0) is 13.1. The minimum absolute atomic E-state index is 0.0503. The van der Waals surface area contributed by atoms with Gasteiger partial charge >= 0.3 is 5.97 Å². The number of halogens is 1. The maximum atomic E-state index is 10.5. The summed E-state index contributed by atoms with van der Waals surface area (Å²) in [5.41, 5.74) is 7.49. The predicted octanol–water partition coefficient (Wildman–Crippen LogP) is 2.75. The lowest BCUT2D eigenvalue weighted by molar-refractivity contribution is -0.137. The van der Waals surface area contributed by atoms with Gasteiger partial charge in [0.25, 0.3) is 0 Å². The fourth-order valence-corrected chi connectivity index (χ4v) is 2.02. The first-order valence-corrected chi connectivity index (χ1v) is 5.97. The lowest BCUT2D eigenvalue weighted by Gasteiger charge is -2.11. The first-order chi connectivity index (χ1) is 8.58. The number of para-hydroxylation sites is 1. The van der Waals surface area contributed by atoms with Gasteiger partial charge in [0.05, 0.1) is 10.5 Å². The first kappa shape index (κ1) is 12.8. The number of aliphatic carboxylic acids is 1. The van der Waals surface area contributed by atoms with Crippen molar-refractivity contribution in [3.63, 3.8) is 0 Å². The standard InChI is InChI=1S/C13H13ClN2O2/c14-10-3-1-2-8-6-9(7-16-13(8)10)11(15)4-5-12(17)18/h1-3,6-7,11H,4-5,15H2,(H,17,18). The molecule has 0 saturated carbocycles. The fourth-order valence-electron chi connectivity index (χ4n) is 1.79. The van der Waals surface area contributed by atoms with Crippen molar-refractivity contribution in [2.75, 3.05) is 0 Å². The number of fused-ring (bicyclic) bond motifs is 1. The monoisotopic (exact) mass is 264 g/mol. The van der Waals surface area contributed by atoms with Crippen LogP contribution in [0.4, 0.5) is 0 Å². The molecule has 1 heterocycles. The lowest BCUT2D eigenvalue weighted by atomic mass is 10.0. The molecular formula is C13H13ClN2O2. The van der Waals surface area contributed by atoms with E-state index < -0.39 is 5.97 Å². The van der Waals surface area contributed by atoms with Crippen LogP contribution >= 0.6 is 11.6 Å². The molecule has 1 atom stereocenters. The number of hydrogen-bond acceptors (Lipinski definition) is 3. The van der Waals surface area contributed by atoms with E-state index in [1.807, 2.05) is 18.2 Å². The van der Waals surface area contributed by atoms with Crippen LogP contribution in [0.2, 0.25) is 5.02 Å².